The summed E-state index contributed by atoms with van der Waals surface area (Å²) in [4.78, 5) is 14.2. The maximum absolute atomic E-state index is 12.6. The topological polar surface area (TPSA) is 49.8 Å². The van der Waals surface area contributed by atoms with E-state index in [0.717, 1.165) is 10.9 Å². The van der Waals surface area contributed by atoms with E-state index in [9.17, 15) is 9.90 Å². The number of aromatic hydroxyl groups is 1. The van der Waals surface area contributed by atoms with Crippen molar-refractivity contribution in [2.45, 2.75) is 6.54 Å². The highest BCUT2D eigenvalue weighted by atomic mass is 32.1. The van der Waals surface area contributed by atoms with Crippen molar-refractivity contribution >= 4 is 27.3 Å². The first-order valence-corrected chi connectivity index (χ1v) is 8.05. The molecule has 23 heavy (non-hydrogen) atoms. The van der Waals surface area contributed by atoms with Gasteiger partial charge in [0.25, 0.3) is 5.91 Å². The predicted molar refractivity (Wildman–Crippen MR) is 92.3 cm³/mol. The zero-order chi connectivity index (χ0) is 16.4. The van der Waals surface area contributed by atoms with Gasteiger partial charge in [-0.05, 0) is 34.5 Å². The minimum Gasteiger partial charge on any atom is -0.507 e. The highest BCUT2D eigenvalue weighted by Crippen LogP contribution is 2.28. The zero-order valence-corrected chi connectivity index (χ0v) is 13.8. The third-order valence-electron chi connectivity index (χ3n) is 3.75. The Kier molecular flexibility index (Phi) is 4.21. The molecule has 4 nitrogen and oxygen atoms in total. The van der Waals surface area contributed by atoms with Crippen molar-refractivity contribution in [3.05, 3.63) is 59.0 Å². The van der Waals surface area contributed by atoms with Crippen molar-refractivity contribution in [3.63, 3.8) is 0 Å². The Hall–Kier alpha value is -2.53. The van der Waals surface area contributed by atoms with Crippen LogP contribution in [0.2, 0.25) is 0 Å². The summed E-state index contributed by atoms with van der Waals surface area (Å²) in [7, 11) is 3.25. The van der Waals surface area contributed by atoms with Crippen LogP contribution < -0.4 is 4.74 Å². The lowest BCUT2D eigenvalue weighted by Gasteiger charge is -2.18. The number of hydrogen-bond acceptors (Lipinski definition) is 4. The molecule has 1 N–H and O–H groups in total. The fourth-order valence-electron chi connectivity index (χ4n) is 2.51. The van der Waals surface area contributed by atoms with Crippen LogP contribution >= 0.6 is 11.3 Å². The van der Waals surface area contributed by atoms with Gasteiger partial charge < -0.3 is 14.7 Å². The van der Waals surface area contributed by atoms with Crippen molar-refractivity contribution in [1.82, 2.24) is 4.90 Å². The molecule has 1 amide bonds. The van der Waals surface area contributed by atoms with Crippen LogP contribution in [-0.2, 0) is 6.54 Å². The second kappa shape index (κ2) is 6.30. The zero-order valence-electron chi connectivity index (χ0n) is 12.9. The van der Waals surface area contributed by atoms with Gasteiger partial charge in [-0.15, -0.1) is 11.3 Å². The Labute approximate surface area is 138 Å². The Balaban J connectivity index is 1.83. The van der Waals surface area contributed by atoms with Crippen LogP contribution in [0, 0.1) is 0 Å². The summed E-state index contributed by atoms with van der Waals surface area (Å²) in [5.74, 6) is 0.224. The molecule has 1 heterocycles. The first kappa shape index (κ1) is 15.4. The lowest BCUT2D eigenvalue weighted by atomic mass is 10.1. The first-order chi connectivity index (χ1) is 11.1. The van der Waals surface area contributed by atoms with Crippen LogP contribution in [0.3, 0.4) is 0 Å². The molecule has 0 fully saturated rings. The molecule has 3 rings (SSSR count). The van der Waals surface area contributed by atoms with E-state index in [1.807, 2.05) is 12.1 Å². The van der Waals surface area contributed by atoms with Crippen LogP contribution in [-0.4, -0.2) is 30.1 Å². The van der Waals surface area contributed by atoms with Gasteiger partial charge in [-0.25, -0.2) is 0 Å². The van der Waals surface area contributed by atoms with E-state index in [-0.39, 0.29) is 17.2 Å². The van der Waals surface area contributed by atoms with Crippen molar-refractivity contribution in [3.8, 4) is 11.5 Å². The average Bonchev–Trinajstić information content (AvgIpc) is 2.97. The summed E-state index contributed by atoms with van der Waals surface area (Å²) in [5, 5.41) is 13.2. The molecule has 0 aliphatic rings. The molecule has 0 saturated heterocycles. The summed E-state index contributed by atoms with van der Waals surface area (Å²) >= 11 is 1.67. The number of benzene rings is 2. The summed E-state index contributed by atoms with van der Waals surface area (Å²) in [6.45, 7) is 0.494. The molecular formula is C18H17NO3S. The van der Waals surface area contributed by atoms with Crippen LogP contribution in [0.4, 0.5) is 0 Å². The minimum atomic E-state index is -0.222. The van der Waals surface area contributed by atoms with E-state index in [4.69, 9.17) is 4.74 Å². The highest BCUT2D eigenvalue weighted by molar-refractivity contribution is 7.17. The standard InChI is InChI=1S/C18H17NO3S/c1-19(10-12-11-23-17-6-4-3-5-14(12)17)18(21)15-8-7-13(22-2)9-16(15)20/h3-9,11,20H,10H2,1-2H3. The van der Waals surface area contributed by atoms with E-state index in [1.165, 1.54) is 17.9 Å². The van der Waals surface area contributed by atoms with Gasteiger partial charge in [0.1, 0.15) is 11.5 Å². The van der Waals surface area contributed by atoms with E-state index in [1.54, 1.807) is 35.4 Å². The molecule has 1 aromatic heterocycles. The largest absolute Gasteiger partial charge is 0.507 e. The summed E-state index contributed by atoms with van der Waals surface area (Å²) in [5.41, 5.74) is 1.38. The second-order valence-electron chi connectivity index (χ2n) is 5.30. The van der Waals surface area contributed by atoms with Gasteiger partial charge in [0.2, 0.25) is 0 Å². The van der Waals surface area contributed by atoms with Gasteiger partial charge in [-0.3, -0.25) is 4.79 Å². The molecule has 0 spiro atoms. The number of ether oxygens (including phenoxy) is 1. The number of carbonyl (C=O) groups is 1. The van der Waals surface area contributed by atoms with E-state index < -0.39 is 0 Å². The Morgan fingerprint density at radius 3 is 2.78 bits per heavy atom. The predicted octanol–water partition coefficient (Wildman–Crippen LogP) is 3.89. The van der Waals surface area contributed by atoms with Crippen molar-refractivity contribution < 1.29 is 14.6 Å². The fraction of sp³-hybridized carbons (Fsp3) is 0.167. The lowest BCUT2D eigenvalue weighted by Crippen LogP contribution is -2.26. The fourth-order valence-corrected chi connectivity index (χ4v) is 3.46. The SMILES string of the molecule is COc1ccc(C(=O)N(C)Cc2csc3ccccc23)c(O)c1. The smallest absolute Gasteiger partial charge is 0.257 e. The Morgan fingerprint density at radius 2 is 2.04 bits per heavy atom. The number of rotatable bonds is 4. The molecule has 3 aromatic rings. The summed E-state index contributed by atoms with van der Waals surface area (Å²) < 4.78 is 6.24. The van der Waals surface area contributed by atoms with Gasteiger partial charge in [0, 0.05) is 24.4 Å². The number of thiophene rings is 1. The second-order valence-corrected chi connectivity index (χ2v) is 6.21. The number of phenolic OH excluding ortho intramolecular Hbond substituents is 1. The molecule has 118 valence electrons. The van der Waals surface area contributed by atoms with Crippen LogP contribution in [0.5, 0.6) is 11.5 Å². The van der Waals surface area contributed by atoms with E-state index in [2.05, 4.69) is 17.5 Å². The quantitative estimate of drug-likeness (QED) is 0.791. The molecular weight excluding hydrogens is 310 g/mol. The van der Waals surface area contributed by atoms with Crippen LogP contribution in [0.1, 0.15) is 15.9 Å². The summed E-state index contributed by atoms with van der Waals surface area (Å²) in [6, 6.07) is 12.8. The van der Waals surface area contributed by atoms with Crippen LogP contribution in [0.25, 0.3) is 10.1 Å². The Bertz CT molecular complexity index is 856. The number of hydrogen-bond donors (Lipinski definition) is 1. The molecule has 2 aromatic carbocycles. The number of carbonyl (C=O) groups excluding carboxylic acids is 1. The van der Waals surface area contributed by atoms with Gasteiger partial charge in [0.15, 0.2) is 0 Å². The number of nitrogens with zero attached hydrogens (tertiary/aromatic N) is 1. The molecule has 0 aliphatic heterocycles. The molecule has 0 bridgehead atoms. The number of fused-ring (bicyclic) bond motifs is 1. The molecule has 0 aliphatic carbocycles. The van der Waals surface area contributed by atoms with E-state index >= 15 is 0 Å². The third kappa shape index (κ3) is 3.00. The Morgan fingerprint density at radius 1 is 1.26 bits per heavy atom. The molecule has 0 saturated carbocycles. The van der Waals surface area contributed by atoms with Crippen molar-refractivity contribution in [2.24, 2.45) is 0 Å². The average molecular weight is 327 g/mol. The normalized spacial score (nSPS) is 10.7. The van der Waals surface area contributed by atoms with Crippen LogP contribution in [0.15, 0.2) is 47.8 Å². The maximum atomic E-state index is 12.6. The number of amides is 1. The third-order valence-corrected chi connectivity index (χ3v) is 4.76. The van der Waals surface area contributed by atoms with Gasteiger partial charge in [-0.2, -0.15) is 0 Å². The first-order valence-electron chi connectivity index (χ1n) is 7.17. The maximum Gasteiger partial charge on any atom is 0.257 e. The van der Waals surface area contributed by atoms with Gasteiger partial charge in [-0.1, -0.05) is 18.2 Å². The molecule has 5 heteroatoms. The molecule has 0 unspecified atom stereocenters. The minimum absolute atomic E-state index is 0.0728. The monoisotopic (exact) mass is 327 g/mol. The number of phenols is 1. The van der Waals surface area contributed by atoms with Gasteiger partial charge >= 0.3 is 0 Å². The number of methoxy groups -OCH3 is 1. The summed E-state index contributed by atoms with van der Waals surface area (Å²) in [6.07, 6.45) is 0. The molecule has 0 atom stereocenters. The van der Waals surface area contributed by atoms with Crippen molar-refractivity contribution in [1.29, 1.82) is 0 Å². The highest BCUT2D eigenvalue weighted by Gasteiger charge is 2.17. The van der Waals surface area contributed by atoms with Gasteiger partial charge in [0.05, 0.1) is 12.7 Å². The van der Waals surface area contributed by atoms with E-state index in [0.29, 0.717) is 12.3 Å². The lowest BCUT2D eigenvalue weighted by molar-refractivity contribution is 0.0782. The van der Waals surface area contributed by atoms with Crippen molar-refractivity contribution in [2.75, 3.05) is 14.2 Å². The molecule has 0 radical (unpaired) electrons.